The maximum absolute atomic E-state index is 10.0. The fourth-order valence-electron chi connectivity index (χ4n) is 5.18. The quantitative estimate of drug-likeness (QED) is 0.107. The van der Waals surface area contributed by atoms with Crippen molar-refractivity contribution < 1.29 is 34.4 Å². The molecule has 4 aromatic heterocycles. The van der Waals surface area contributed by atoms with E-state index in [9.17, 15) is 4.79 Å². The van der Waals surface area contributed by atoms with Crippen LogP contribution in [-0.4, -0.2) is 25.8 Å². The predicted octanol–water partition coefficient (Wildman–Crippen LogP) is 9.71. The van der Waals surface area contributed by atoms with Crippen LogP contribution in [0.1, 0.15) is 70.2 Å². The smallest absolute Gasteiger partial charge is 0.216 e. The summed E-state index contributed by atoms with van der Waals surface area (Å²) in [6, 6.07) is 20.4. The minimum Gasteiger partial charge on any atom is -0.512 e. The third kappa shape index (κ3) is 6.62. The summed E-state index contributed by atoms with van der Waals surface area (Å²) in [4.78, 5) is 25.2. The first kappa shape index (κ1) is 32.2. The minimum atomic E-state index is -0.125. The fourth-order valence-corrected chi connectivity index (χ4v) is 6.37. The van der Waals surface area contributed by atoms with Gasteiger partial charge in [-0.3, -0.25) is 9.78 Å². The summed E-state index contributed by atoms with van der Waals surface area (Å²) in [5, 5.41) is 10.4. The number of aliphatic hydroxyl groups is 1. The summed E-state index contributed by atoms with van der Waals surface area (Å²) in [7, 11) is 0. The van der Waals surface area contributed by atoms with E-state index in [1.165, 1.54) is 41.5 Å². The molecule has 0 amide bonds. The number of ketones is 1. The van der Waals surface area contributed by atoms with E-state index in [1.54, 1.807) is 17.7 Å². The Hall–Kier alpha value is -3.71. The van der Waals surface area contributed by atoms with Gasteiger partial charge >= 0.3 is 0 Å². The van der Waals surface area contributed by atoms with Gasteiger partial charge in [0.1, 0.15) is 6.33 Å². The number of thiophene rings is 1. The van der Waals surface area contributed by atoms with E-state index < -0.39 is 0 Å². The van der Waals surface area contributed by atoms with Crippen molar-refractivity contribution >= 4 is 49.4 Å². The molecule has 2 aromatic carbocycles. The Bertz CT molecular complexity index is 1940. The maximum atomic E-state index is 10.0. The molecule has 1 N–H and O–H groups in total. The zero-order chi connectivity index (χ0) is 30.1. The number of rotatable bonds is 5. The van der Waals surface area contributed by atoms with Gasteiger partial charge in [-0.15, -0.1) is 29.5 Å². The topological polar surface area (TPSA) is 89.1 Å². The number of fused-ring (bicyclic) bond motifs is 4. The first-order valence-electron chi connectivity index (χ1n) is 14.0. The molecule has 1 radical (unpaired) electrons. The second-order valence-corrected chi connectivity index (χ2v) is 12.1. The Kier molecular flexibility index (Phi) is 9.96. The van der Waals surface area contributed by atoms with Gasteiger partial charge < -0.3 is 9.52 Å². The summed E-state index contributed by atoms with van der Waals surface area (Å²) < 4.78 is 7.31. The number of nitrogens with zero attached hydrogens (tertiary/aromatic N) is 3. The largest absolute Gasteiger partial charge is 0.512 e. The standard InChI is InChI=1S/C30H26N3OS.C5H8O2.Ir/c1-16(2)19-8-6-9-20(17(3)4)26(19)25-14-24-29(35-25)27(32-15-31-24)23-11-7-10-21-22-13-12-18(5)33-30(22)34-28(21)23;1-4(6)3-5(2)7;/h6-10,12-17H,1-5H3;3,6H,1-2H3;/q-1;;/b;4-3-;. The molecule has 223 valence electrons. The Morgan fingerprint density at radius 3 is 2.30 bits per heavy atom. The summed E-state index contributed by atoms with van der Waals surface area (Å²) in [6.07, 6.45) is 2.81. The number of benzene rings is 2. The SMILES string of the molecule is CC(=O)/C=C(/C)O.Cc1ccc2c(n1)oc1c(-c3ncnc4cc(-c5c(C(C)C)cccc5C(C)C)sc34)[c-]ccc12.[Ir]. The van der Waals surface area contributed by atoms with Crippen LogP contribution in [0.4, 0.5) is 0 Å². The number of carbonyl (C=O) groups excluding carboxylic acids is 1. The molecule has 0 fully saturated rings. The van der Waals surface area contributed by atoms with Crippen LogP contribution in [-0.2, 0) is 24.9 Å². The monoisotopic (exact) mass is 769 g/mol. The number of aliphatic hydroxyl groups excluding tert-OH is 1. The van der Waals surface area contributed by atoms with Crippen LogP contribution in [0.2, 0.25) is 0 Å². The number of furan rings is 1. The van der Waals surface area contributed by atoms with Crippen LogP contribution in [0.3, 0.4) is 0 Å². The Morgan fingerprint density at radius 1 is 1.00 bits per heavy atom. The minimum absolute atomic E-state index is 0. The van der Waals surface area contributed by atoms with E-state index in [1.807, 2.05) is 25.1 Å². The third-order valence-corrected chi connectivity index (χ3v) is 8.17. The van der Waals surface area contributed by atoms with Crippen molar-refractivity contribution in [3.05, 3.63) is 89.6 Å². The maximum Gasteiger partial charge on any atom is 0.216 e. The number of pyridine rings is 1. The summed E-state index contributed by atoms with van der Waals surface area (Å²) in [5.74, 6) is 0.786. The molecule has 0 aliphatic rings. The van der Waals surface area contributed by atoms with Crippen LogP contribution in [0.15, 0.2) is 71.1 Å². The number of carbonyl (C=O) groups is 1. The number of aromatic nitrogens is 3. The summed E-state index contributed by atoms with van der Waals surface area (Å²) in [5.41, 5.74) is 9.04. The van der Waals surface area contributed by atoms with Crippen molar-refractivity contribution in [2.24, 2.45) is 0 Å². The Balaban J connectivity index is 0.000000475. The first-order chi connectivity index (χ1) is 20.0. The molecular formula is C35H34IrN3O3S-. The molecule has 6 rings (SSSR count). The molecule has 0 atom stereocenters. The molecule has 0 saturated heterocycles. The van der Waals surface area contributed by atoms with Crippen molar-refractivity contribution in [3.8, 4) is 21.7 Å². The molecule has 0 aliphatic heterocycles. The van der Waals surface area contributed by atoms with E-state index >= 15 is 0 Å². The van der Waals surface area contributed by atoms with E-state index in [0.717, 1.165) is 43.5 Å². The van der Waals surface area contributed by atoms with Crippen LogP contribution in [0, 0.1) is 13.0 Å². The molecule has 0 aliphatic carbocycles. The number of hydrogen-bond donors (Lipinski definition) is 1. The van der Waals surface area contributed by atoms with Crippen molar-refractivity contribution in [2.75, 3.05) is 0 Å². The molecule has 6 nitrogen and oxygen atoms in total. The van der Waals surface area contributed by atoms with E-state index in [2.05, 4.69) is 74.1 Å². The third-order valence-electron chi connectivity index (χ3n) is 7.02. The van der Waals surface area contributed by atoms with Crippen molar-refractivity contribution in [2.45, 2.75) is 60.3 Å². The van der Waals surface area contributed by atoms with Crippen LogP contribution in [0.25, 0.3) is 54.0 Å². The Labute approximate surface area is 269 Å². The first-order valence-corrected chi connectivity index (χ1v) is 14.8. The number of aryl methyl sites for hydroxylation is 1. The van der Waals surface area contributed by atoms with Crippen LogP contribution < -0.4 is 0 Å². The van der Waals surface area contributed by atoms with Gasteiger partial charge in [-0.2, -0.15) is 0 Å². The van der Waals surface area contributed by atoms with E-state index in [0.29, 0.717) is 17.5 Å². The molecule has 0 spiro atoms. The molecule has 43 heavy (non-hydrogen) atoms. The average Bonchev–Trinajstić information content (AvgIpc) is 3.53. The van der Waals surface area contributed by atoms with Gasteiger partial charge in [-0.1, -0.05) is 56.8 Å². The number of hydrogen-bond acceptors (Lipinski definition) is 7. The van der Waals surface area contributed by atoms with E-state index in [4.69, 9.17) is 14.5 Å². The van der Waals surface area contributed by atoms with Gasteiger partial charge in [-0.25, -0.2) is 9.97 Å². The summed E-state index contributed by atoms with van der Waals surface area (Å²) >= 11 is 1.75. The molecule has 8 heteroatoms. The Morgan fingerprint density at radius 2 is 1.70 bits per heavy atom. The second-order valence-electron chi connectivity index (χ2n) is 11.1. The second kappa shape index (κ2) is 13.3. The molecule has 6 aromatic rings. The molecule has 4 heterocycles. The molecule has 0 saturated carbocycles. The zero-order valence-electron chi connectivity index (χ0n) is 25.3. The molecular weight excluding hydrogens is 735 g/mol. The zero-order valence-corrected chi connectivity index (χ0v) is 28.5. The van der Waals surface area contributed by atoms with Gasteiger partial charge in [0.05, 0.1) is 16.9 Å². The van der Waals surface area contributed by atoms with Gasteiger partial charge in [0, 0.05) is 52.5 Å². The van der Waals surface area contributed by atoms with Crippen LogP contribution >= 0.6 is 11.3 Å². The van der Waals surface area contributed by atoms with E-state index in [-0.39, 0.29) is 31.6 Å². The molecule has 0 bridgehead atoms. The van der Waals surface area contributed by atoms with Gasteiger partial charge in [0.25, 0.3) is 0 Å². The fraction of sp³-hybridized carbons (Fsp3) is 0.257. The van der Waals surface area contributed by atoms with Gasteiger partial charge in [-0.05, 0) is 67.5 Å². The normalized spacial score (nSPS) is 11.7. The van der Waals surface area contributed by atoms with Crippen molar-refractivity contribution in [1.29, 1.82) is 0 Å². The van der Waals surface area contributed by atoms with Crippen LogP contribution in [0.5, 0.6) is 0 Å². The van der Waals surface area contributed by atoms with Gasteiger partial charge in [0.15, 0.2) is 5.78 Å². The average molecular weight is 769 g/mol. The predicted molar refractivity (Wildman–Crippen MR) is 172 cm³/mol. The number of allylic oxidation sites excluding steroid dienone is 2. The van der Waals surface area contributed by atoms with Crippen molar-refractivity contribution in [3.63, 3.8) is 0 Å². The summed E-state index contributed by atoms with van der Waals surface area (Å²) in [6.45, 7) is 13.9. The van der Waals surface area contributed by atoms with Crippen molar-refractivity contribution in [1.82, 2.24) is 15.0 Å². The van der Waals surface area contributed by atoms with Gasteiger partial charge in [0.2, 0.25) is 5.71 Å². The molecule has 0 unspecified atom stereocenters.